The van der Waals surface area contributed by atoms with Crippen molar-refractivity contribution < 1.29 is 19.1 Å². The summed E-state index contributed by atoms with van der Waals surface area (Å²) in [4.78, 5) is 34.8. The summed E-state index contributed by atoms with van der Waals surface area (Å²) < 4.78 is 5.27. The lowest BCUT2D eigenvalue weighted by Crippen LogP contribution is -2.17. The first-order valence-electron chi connectivity index (χ1n) is 6.74. The molecule has 1 aliphatic heterocycles. The molecule has 0 spiro atoms. The molecule has 1 aliphatic rings. The van der Waals surface area contributed by atoms with E-state index in [0.29, 0.717) is 16.2 Å². The topological polar surface area (TPSA) is 72.5 Å². The van der Waals surface area contributed by atoms with Gasteiger partial charge in [0.15, 0.2) is 0 Å². The van der Waals surface area contributed by atoms with E-state index in [1.165, 1.54) is 0 Å². The first-order valence-corrected chi connectivity index (χ1v) is 7.55. The van der Waals surface area contributed by atoms with Gasteiger partial charge in [0.1, 0.15) is 5.75 Å². The zero-order valence-electron chi connectivity index (χ0n) is 11.8. The first-order chi connectivity index (χ1) is 11.1. The highest BCUT2D eigenvalue weighted by molar-refractivity contribution is 8.18. The normalized spacial score (nSPS) is 15.6. The minimum atomic E-state index is -0.437. The van der Waals surface area contributed by atoms with Crippen LogP contribution in [0.1, 0.15) is 15.9 Å². The minimum absolute atomic E-state index is 0.337. The summed E-state index contributed by atoms with van der Waals surface area (Å²) in [5.41, 5.74) is 1.20. The molecule has 0 unspecified atom stereocenters. The van der Waals surface area contributed by atoms with Crippen LogP contribution in [0.25, 0.3) is 6.08 Å². The Balaban J connectivity index is 1.70. The van der Waals surface area contributed by atoms with E-state index >= 15 is 0 Å². The predicted octanol–water partition coefficient (Wildman–Crippen LogP) is 3.23. The van der Waals surface area contributed by atoms with E-state index in [1.54, 1.807) is 54.6 Å². The smallest absolute Gasteiger partial charge is 0.343 e. The van der Waals surface area contributed by atoms with Gasteiger partial charge < -0.3 is 4.74 Å². The number of benzene rings is 2. The van der Waals surface area contributed by atoms with Crippen LogP contribution in [0.4, 0.5) is 4.79 Å². The zero-order chi connectivity index (χ0) is 16.2. The van der Waals surface area contributed by atoms with Gasteiger partial charge in [-0.05, 0) is 47.7 Å². The Kier molecular flexibility index (Phi) is 4.25. The molecule has 5 nitrogen and oxygen atoms in total. The molecule has 2 amide bonds. The average molecular weight is 325 g/mol. The second-order valence-corrected chi connectivity index (χ2v) is 5.69. The lowest BCUT2D eigenvalue weighted by atomic mass is 10.2. The van der Waals surface area contributed by atoms with Crippen molar-refractivity contribution in [2.24, 2.45) is 0 Å². The molecule has 0 bridgehead atoms. The van der Waals surface area contributed by atoms with Crippen LogP contribution in [-0.4, -0.2) is 17.1 Å². The van der Waals surface area contributed by atoms with Crippen molar-refractivity contribution in [2.45, 2.75) is 0 Å². The van der Waals surface area contributed by atoms with E-state index in [0.717, 1.165) is 17.3 Å². The van der Waals surface area contributed by atoms with Gasteiger partial charge in [-0.25, -0.2) is 4.79 Å². The molecule has 1 heterocycles. The lowest BCUT2D eigenvalue weighted by molar-refractivity contribution is -0.115. The SMILES string of the molecule is O=C1NC(=O)C(=Cc2ccc(OC(=O)c3ccccc3)cc2)S1. The fourth-order valence-electron chi connectivity index (χ4n) is 1.94. The quantitative estimate of drug-likeness (QED) is 0.533. The molecule has 114 valence electrons. The summed E-state index contributed by atoms with van der Waals surface area (Å²) in [6, 6.07) is 15.4. The Morgan fingerprint density at radius 2 is 1.70 bits per heavy atom. The van der Waals surface area contributed by atoms with E-state index in [9.17, 15) is 14.4 Å². The number of carbonyl (C=O) groups excluding carboxylic acids is 3. The summed E-state index contributed by atoms with van der Waals surface area (Å²) in [5, 5.41) is 1.81. The van der Waals surface area contributed by atoms with Crippen LogP contribution in [0.5, 0.6) is 5.75 Å². The molecule has 6 heteroatoms. The van der Waals surface area contributed by atoms with E-state index in [4.69, 9.17) is 4.74 Å². The predicted molar refractivity (Wildman–Crippen MR) is 86.9 cm³/mol. The number of hydrogen-bond acceptors (Lipinski definition) is 5. The van der Waals surface area contributed by atoms with Gasteiger partial charge in [-0.2, -0.15) is 0 Å². The van der Waals surface area contributed by atoms with Gasteiger partial charge >= 0.3 is 5.97 Å². The lowest BCUT2D eigenvalue weighted by Gasteiger charge is -2.04. The summed E-state index contributed by atoms with van der Waals surface area (Å²) in [6.45, 7) is 0. The van der Waals surface area contributed by atoms with Crippen molar-refractivity contribution in [3.63, 3.8) is 0 Å². The van der Waals surface area contributed by atoms with Gasteiger partial charge in [0.25, 0.3) is 11.1 Å². The van der Waals surface area contributed by atoms with Gasteiger partial charge in [0.05, 0.1) is 10.5 Å². The van der Waals surface area contributed by atoms with Gasteiger partial charge in [0, 0.05) is 0 Å². The molecule has 0 aromatic heterocycles. The number of nitrogens with one attached hydrogen (secondary N) is 1. The van der Waals surface area contributed by atoms with Crippen LogP contribution >= 0.6 is 11.8 Å². The Hall–Kier alpha value is -2.86. The van der Waals surface area contributed by atoms with Crippen LogP contribution in [-0.2, 0) is 4.79 Å². The van der Waals surface area contributed by atoms with Crippen molar-refractivity contribution in [3.8, 4) is 5.75 Å². The third-order valence-electron chi connectivity index (χ3n) is 3.04. The molecular formula is C17H11NO4S. The Morgan fingerprint density at radius 3 is 2.30 bits per heavy atom. The maximum absolute atomic E-state index is 11.9. The van der Waals surface area contributed by atoms with Crippen molar-refractivity contribution in [2.75, 3.05) is 0 Å². The number of amides is 2. The maximum Gasteiger partial charge on any atom is 0.343 e. The maximum atomic E-state index is 11.9. The monoisotopic (exact) mass is 325 g/mol. The second kappa shape index (κ2) is 6.50. The highest BCUT2D eigenvalue weighted by Gasteiger charge is 2.24. The third kappa shape index (κ3) is 3.67. The molecule has 3 rings (SSSR count). The molecule has 1 N–H and O–H groups in total. The summed E-state index contributed by atoms with van der Waals surface area (Å²) in [6.07, 6.45) is 1.60. The minimum Gasteiger partial charge on any atom is -0.423 e. The Labute approximate surface area is 136 Å². The van der Waals surface area contributed by atoms with Crippen LogP contribution < -0.4 is 10.1 Å². The fourth-order valence-corrected chi connectivity index (χ4v) is 2.63. The number of rotatable bonds is 3. The Bertz CT molecular complexity index is 797. The van der Waals surface area contributed by atoms with Crippen LogP contribution in [0.3, 0.4) is 0 Å². The third-order valence-corrected chi connectivity index (χ3v) is 3.85. The number of carbonyl (C=O) groups is 3. The van der Waals surface area contributed by atoms with Gasteiger partial charge in [-0.1, -0.05) is 30.3 Å². The molecule has 23 heavy (non-hydrogen) atoms. The number of ether oxygens (including phenoxy) is 1. The first kappa shape index (κ1) is 15.1. The van der Waals surface area contributed by atoms with Crippen molar-refractivity contribution in [3.05, 3.63) is 70.6 Å². The number of imide groups is 1. The zero-order valence-corrected chi connectivity index (χ0v) is 12.6. The number of esters is 1. The van der Waals surface area contributed by atoms with Crippen LogP contribution in [0.2, 0.25) is 0 Å². The van der Waals surface area contributed by atoms with Gasteiger partial charge in [0.2, 0.25) is 0 Å². The second-order valence-electron chi connectivity index (χ2n) is 4.68. The highest BCUT2D eigenvalue weighted by Crippen LogP contribution is 2.26. The van der Waals surface area contributed by atoms with E-state index in [1.807, 2.05) is 6.07 Å². The molecule has 2 aromatic carbocycles. The number of hydrogen-bond donors (Lipinski definition) is 1. The van der Waals surface area contributed by atoms with Crippen LogP contribution in [0, 0.1) is 0 Å². The van der Waals surface area contributed by atoms with Crippen molar-refractivity contribution >= 4 is 35.0 Å². The molecule has 0 radical (unpaired) electrons. The fraction of sp³-hybridized carbons (Fsp3) is 0. The molecule has 1 fully saturated rings. The average Bonchev–Trinajstić information content (AvgIpc) is 2.87. The standard InChI is InChI=1S/C17H11NO4S/c19-15-14(23-17(21)18-15)10-11-6-8-13(9-7-11)22-16(20)12-4-2-1-3-5-12/h1-10H,(H,18,19,21). The van der Waals surface area contributed by atoms with E-state index in [-0.39, 0.29) is 5.24 Å². The van der Waals surface area contributed by atoms with Gasteiger partial charge in [-0.15, -0.1) is 0 Å². The summed E-state index contributed by atoms with van der Waals surface area (Å²) in [7, 11) is 0. The largest absolute Gasteiger partial charge is 0.423 e. The molecule has 0 saturated carbocycles. The molecule has 1 saturated heterocycles. The molecule has 0 aliphatic carbocycles. The summed E-state index contributed by atoms with van der Waals surface area (Å²) >= 11 is 0.857. The number of thioether (sulfide) groups is 1. The molecular weight excluding hydrogens is 314 g/mol. The van der Waals surface area contributed by atoms with Crippen LogP contribution in [0.15, 0.2) is 59.5 Å². The molecule has 2 aromatic rings. The van der Waals surface area contributed by atoms with Crippen molar-refractivity contribution in [1.82, 2.24) is 5.32 Å². The van der Waals surface area contributed by atoms with E-state index < -0.39 is 11.9 Å². The molecule has 0 atom stereocenters. The highest BCUT2D eigenvalue weighted by atomic mass is 32.2. The van der Waals surface area contributed by atoms with Crippen molar-refractivity contribution in [1.29, 1.82) is 0 Å². The van der Waals surface area contributed by atoms with Gasteiger partial charge in [-0.3, -0.25) is 14.9 Å². The van der Waals surface area contributed by atoms with E-state index in [2.05, 4.69) is 5.32 Å². The summed E-state index contributed by atoms with van der Waals surface area (Å²) in [5.74, 6) is -0.437. The Morgan fingerprint density at radius 1 is 1.00 bits per heavy atom.